The van der Waals surface area contributed by atoms with Crippen LogP contribution in [-0.4, -0.2) is 30.1 Å². The Kier molecular flexibility index (Phi) is 5.02. The molecule has 0 aliphatic carbocycles. The number of thiophene rings is 1. The molecule has 0 atom stereocenters. The molecule has 4 radical (unpaired) electrons. The van der Waals surface area contributed by atoms with Crippen molar-refractivity contribution >= 4 is 68.8 Å². The van der Waals surface area contributed by atoms with Crippen molar-refractivity contribution in [1.82, 2.24) is 0 Å². The van der Waals surface area contributed by atoms with Gasteiger partial charge in [-0.05, 0) is 12.1 Å². The first kappa shape index (κ1) is 14.6. The Labute approximate surface area is 137 Å². The standard InChI is InChI=1S/C15H10ClNS.Sn/c16-13-7-3-1-5-11(13)9-17-14-10-18-15-8-4-2-6-12(14)15;/h1-10H;. The Morgan fingerprint density at radius 3 is 2.58 bits per heavy atom. The molecule has 0 unspecified atom stereocenters. The summed E-state index contributed by atoms with van der Waals surface area (Å²) in [4.78, 5) is 4.53. The van der Waals surface area contributed by atoms with E-state index in [4.69, 9.17) is 11.6 Å². The molecule has 0 spiro atoms. The van der Waals surface area contributed by atoms with Gasteiger partial charge in [-0.25, -0.2) is 0 Å². The third-order valence-corrected chi connectivity index (χ3v) is 4.00. The monoisotopic (exact) mass is 391 g/mol. The van der Waals surface area contributed by atoms with Crippen molar-refractivity contribution in [1.29, 1.82) is 0 Å². The van der Waals surface area contributed by atoms with Crippen LogP contribution < -0.4 is 0 Å². The number of hydrogen-bond acceptors (Lipinski definition) is 2. The van der Waals surface area contributed by atoms with Crippen LogP contribution in [0.2, 0.25) is 5.02 Å². The van der Waals surface area contributed by atoms with Crippen LogP contribution in [0.25, 0.3) is 10.1 Å². The SMILES string of the molecule is Clc1ccccc1C=Nc1csc2ccccc12.[Sn]. The van der Waals surface area contributed by atoms with Crippen LogP contribution in [0.5, 0.6) is 0 Å². The number of benzene rings is 2. The zero-order valence-electron chi connectivity index (χ0n) is 10.0. The van der Waals surface area contributed by atoms with E-state index < -0.39 is 0 Å². The number of nitrogens with zero attached hydrogens (tertiary/aromatic N) is 1. The van der Waals surface area contributed by atoms with Gasteiger partial charge in [0.1, 0.15) is 0 Å². The molecule has 0 bridgehead atoms. The molecule has 1 heterocycles. The molecule has 0 saturated carbocycles. The van der Waals surface area contributed by atoms with Crippen LogP contribution in [0.4, 0.5) is 5.69 Å². The first-order chi connectivity index (χ1) is 8.84. The molecule has 3 rings (SSSR count). The topological polar surface area (TPSA) is 12.4 Å². The van der Waals surface area contributed by atoms with Gasteiger partial charge < -0.3 is 0 Å². The van der Waals surface area contributed by atoms with Crippen LogP contribution in [0.1, 0.15) is 5.56 Å². The molecular formula is C15H10ClNSSn. The molecule has 19 heavy (non-hydrogen) atoms. The van der Waals surface area contributed by atoms with Crippen molar-refractivity contribution in [3.63, 3.8) is 0 Å². The molecule has 4 heteroatoms. The average Bonchev–Trinajstić information content (AvgIpc) is 2.81. The van der Waals surface area contributed by atoms with Crippen LogP contribution in [0, 0.1) is 0 Å². The number of rotatable bonds is 2. The Morgan fingerprint density at radius 1 is 1.00 bits per heavy atom. The van der Waals surface area contributed by atoms with Gasteiger partial charge in [0, 0.05) is 56.2 Å². The Morgan fingerprint density at radius 2 is 1.74 bits per heavy atom. The minimum absolute atomic E-state index is 0. The largest absolute Gasteiger partial charge is 0.255 e. The summed E-state index contributed by atoms with van der Waals surface area (Å²) in [6, 6.07) is 16.0. The maximum atomic E-state index is 6.09. The Bertz CT molecular complexity index is 721. The molecular weight excluding hydrogens is 380 g/mol. The number of fused-ring (bicyclic) bond motifs is 1. The maximum Gasteiger partial charge on any atom is 0.0815 e. The van der Waals surface area contributed by atoms with Crippen LogP contribution >= 0.6 is 22.9 Å². The average molecular weight is 390 g/mol. The first-order valence-electron chi connectivity index (χ1n) is 5.59. The Balaban J connectivity index is 0.00000133. The molecule has 0 saturated heterocycles. The van der Waals surface area contributed by atoms with Crippen LogP contribution in [0.3, 0.4) is 0 Å². The summed E-state index contributed by atoms with van der Waals surface area (Å²) < 4.78 is 1.25. The van der Waals surface area contributed by atoms with E-state index in [0.717, 1.165) is 16.3 Å². The van der Waals surface area contributed by atoms with Crippen molar-refractivity contribution in [2.75, 3.05) is 0 Å². The van der Waals surface area contributed by atoms with E-state index in [1.165, 1.54) is 10.1 Å². The molecule has 92 valence electrons. The molecule has 1 nitrogen and oxygen atoms in total. The van der Waals surface area contributed by atoms with E-state index in [9.17, 15) is 0 Å². The van der Waals surface area contributed by atoms with Gasteiger partial charge in [-0.1, -0.05) is 48.0 Å². The molecule has 0 aliphatic heterocycles. The smallest absolute Gasteiger partial charge is 0.0815 e. The van der Waals surface area contributed by atoms with Crippen molar-refractivity contribution < 1.29 is 0 Å². The van der Waals surface area contributed by atoms with E-state index in [2.05, 4.69) is 22.5 Å². The van der Waals surface area contributed by atoms with Crippen LogP contribution in [0.15, 0.2) is 58.9 Å². The first-order valence-corrected chi connectivity index (χ1v) is 6.85. The predicted octanol–water partition coefficient (Wildman–Crippen LogP) is 4.92. The summed E-state index contributed by atoms with van der Waals surface area (Å²) in [5.41, 5.74) is 1.94. The van der Waals surface area contributed by atoms with Crippen molar-refractivity contribution in [3.8, 4) is 0 Å². The van der Waals surface area contributed by atoms with Gasteiger partial charge in [-0.15, -0.1) is 11.3 Å². The molecule has 0 N–H and O–H groups in total. The third kappa shape index (κ3) is 3.19. The van der Waals surface area contributed by atoms with Crippen molar-refractivity contribution in [3.05, 3.63) is 64.5 Å². The number of halogens is 1. The Hall–Kier alpha value is -0.841. The van der Waals surface area contributed by atoms with Gasteiger partial charge in [-0.2, -0.15) is 0 Å². The zero-order chi connectivity index (χ0) is 12.4. The van der Waals surface area contributed by atoms with Gasteiger partial charge >= 0.3 is 0 Å². The minimum Gasteiger partial charge on any atom is -0.255 e. The second-order valence-electron chi connectivity index (χ2n) is 3.90. The normalized spacial score (nSPS) is 10.8. The second kappa shape index (κ2) is 6.55. The summed E-state index contributed by atoms with van der Waals surface area (Å²) >= 11 is 7.80. The summed E-state index contributed by atoms with van der Waals surface area (Å²) in [5, 5.41) is 3.98. The molecule has 0 aliphatic rings. The predicted molar refractivity (Wildman–Crippen MR) is 86.3 cm³/mol. The van der Waals surface area contributed by atoms with Gasteiger partial charge in [0.05, 0.1) is 5.69 Å². The fourth-order valence-corrected chi connectivity index (χ4v) is 2.85. The fraction of sp³-hybridized carbons (Fsp3) is 0. The van der Waals surface area contributed by atoms with Gasteiger partial charge in [0.25, 0.3) is 0 Å². The van der Waals surface area contributed by atoms with Crippen molar-refractivity contribution in [2.45, 2.75) is 0 Å². The molecule has 3 aromatic rings. The van der Waals surface area contributed by atoms with E-state index in [0.29, 0.717) is 0 Å². The molecule has 0 fully saturated rings. The van der Waals surface area contributed by atoms with Gasteiger partial charge in [-0.3, -0.25) is 4.99 Å². The summed E-state index contributed by atoms with van der Waals surface area (Å²) in [6.45, 7) is 0. The van der Waals surface area contributed by atoms with Crippen molar-refractivity contribution in [2.24, 2.45) is 4.99 Å². The van der Waals surface area contributed by atoms with E-state index in [1.807, 2.05) is 42.6 Å². The summed E-state index contributed by atoms with van der Waals surface area (Å²) in [7, 11) is 0. The second-order valence-corrected chi connectivity index (χ2v) is 5.22. The summed E-state index contributed by atoms with van der Waals surface area (Å²) in [5.74, 6) is 0. The fourth-order valence-electron chi connectivity index (χ4n) is 1.78. The minimum atomic E-state index is 0. The zero-order valence-corrected chi connectivity index (χ0v) is 14.4. The quantitative estimate of drug-likeness (QED) is 0.435. The van der Waals surface area contributed by atoms with Crippen LogP contribution in [-0.2, 0) is 0 Å². The summed E-state index contributed by atoms with van der Waals surface area (Å²) in [6.07, 6.45) is 1.82. The van der Waals surface area contributed by atoms with Gasteiger partial charge in [0.2, 0.25) is 0 Å². The maximum absolute atomic E-state index is 6.09. The van der Waals surface area contributed by atoms with Gasteiger partial charge in [0.15, 0.2) is 0 Å². The molecule has 2 aromatic carbocycles. The molecule has 1 aromatic heterocycles. The van der Waals surface area contributed by atoms with E-state index >= 15 is 0 Å². The third-order valence-electron chi connectivity index (χ3n) is 2.71. The number of aliphatic imine (C=N–C) groups is 1. The number of hydrogen-bond donors (Lipinski definition) is 0. The van der Waals surface area contributed by atoms with E-state index in [1.54, 1.807) is 11.3 Å². The van der Waals surface area contributed by atoms with E-state index in [-0.39, 0.29) is 23.9 Å². The molecule has 0 amide bonds.